The normalized spacial score (nSPS) is 15.3. The number of alkyl halides is 3. The zero-order valence-corrected chi connectivity index (χ0v) is 20.4. The van der Waals surface area contributed by atoms with Gasteiger partial charge in [0.2, 0.25) is 0 Å². The zero-order valence-electron chi connectivity index (χ0n) is 18.1. The van der Waals surface area contributed by atoms with Crippen LogP contribution >= 0.6 is 24.0 Å². The summed E-state index contributed by atoms with van der Waals surface area (Å²) in [6.07, 6.45) is -1.41. The van der Waals surface area contributed by atoms with E-state index in [-0.39, 0.29) is 42.4 Å². The number of nitrogens with zero attached hydrogens (tertiary/aromatic N) is 1. The lowest BCUT2D eigenvalue weighted by Crippen LogP contribution is -2.38. The summed E-state index contributed by atoms with van der Waals surface area (Å²) in [6, 6.07) is 5.18. The summed E-state index contributed by atoms with van der Waals surface area (Å²) in [5, 5.41) is 6.37. The highest BCUT2D eigenvalue weighted by atomic mass is 127. The van der Waals surface area contributed by atoms with E-state index in [2.05, 4.69) is 15.6 Å². The molecule has 0 aromatic heterocycles. The van der Waals surface area contributed by atoms with Crippen molar-refractivity contribution in [1.82, 2.24) is 10.6 Å². The molecule has 178 valence electrons. The number of hydrogen-bond donors (Lipinski definition) is 2. The Morgan fingerprint density at radius 3 is 2.65 bits per heavy atom. The van der Waals surface area contributed by atoms with Gasteiger partial charge < -0.3 is 24.8 Å². The van der Waals surface area contributed by atoms with Crippen molar-refractivity contribution in [1.29, 1.82) is 0 Å². The van der Waals surface area contributed by atoms with Gasteiger partial charge in [-0.2, -0.15) is 13.2 Å². The van der Waals surface area contributed by atoms with E-state index in [4.69, 9.17) is 14.2 Å². The maximum atomic E-state index is 12.5. The van der Waals surface area contributed by atoms with E-state index in [1.54, 1.807) is 12.1 Å². The molecular weight excluding hydrogens is 526 g/mol. The minimum Gasteiger partial charge on any atom is -0.484 e. The van der Waals surface area contributed by atoms with Crippen molar-refractivity contribution in [3.8, 4) is 5.75 Å². The molecule has 1 aliphatic rings. The lowest BCUT2D eigenvalue weighted by Gasteiger charge is -2.22. The van der Waals surface area contributed by atoms with Crippen LogP contribution in [-0.2, 0) is 16.0 Å². The molecule has 1 aromatic carbocycles. The van der Waals surface area contributed by atoms with Gasteiger partial charge in [-0.25, -0.2) is 4.99 Å². The van der Waals surface area contributed by atoms with Crippen molar-refractivity contribution in [2.45, 2.75) is 51.9 Å². The summed E-state index contributed by atoms with van der Waals surface area (Å²) < 4.78 is 53.7. The van der Waals surface area contributed by atoms with Gasteiger partial charge in [0.25, 0.3) is 0 Å². The fraction of sp³-hybridized carbons (Fsp3) is 0.667. The van der Waals surface area contributed by atoms with E-state index in [0.29, 0.717) is 31.2 Å². The number of benzene rings is 1. The second-order valence-corrected chi connectivity index (χ2v) is 7.17. The number of hydrogen-bond acceptors (Lipinski definition) is 4. The number of ether oxygens (including phenoxy) is 3. The molecular formula is C21H33F3IN3O3. The van der Waals surface area contributed by atoms with Crippen LogP contribution in [0.1, 0.15) is 37.3 Å². The number of nitrogens with one attached hydrogen (secondary N) is 2. The Morgan fingerprint density at radius 1 is 1.23 bits per heavy atom. The van der Waals surface area contributed by atoms with Crippen molar-refractivity contribution in [3.05, 3.63) is 29.3 Å². The van der Waals surface area contributed by atoms with E-state index >= 15 is 0 Å². The van der Waals surface area contributed by atoms with Gasteiger partial charge in [0.05, 0.1) is 12.6 Å². The monoisotopic (exact) mass is 559 g/mol. The topological polar surface area (TPSA) is 64.1 Å². The van der Waals surface area contributed by atoms with Gasteiger partial charge in [-0.1, -0.05) is 12.1 Å². The standard InChI is InChI=1S/C21H32F3N3O3.HI/c1-3-25-20(26-9-4-10-29-18-7-11-28-12-8-18)27-14-17-6-5-16(2)13-19(17)30-15-21(22,23)24;/h5-6,13,18H,3-4,7-12,14-15H2,1-2H3,(H2,25,26,27);1H. The van der Waals surface area contributed by atoms with E-state index in [0.717, 1.165) is 38.0 Å². The SMILES string of the molecule is CCNC(=NCc1ccc(C)cc1OCC(F)(F)F)NCCCOC1CCOCC1.I. The predicted molar refractivity (Wildman–Crippen MR) is 125 cm³/mol. The minimum absolute atomic E-state index is 0. The molecule has 1 aliphatic heterocycles. The Kier molecular flexibility index (Phi) is 13.2. The molecule has 6 nitrogen and oxygen atoms in total. The summed E-state index contributed by atoms with van der Waals surface area (Å²) in [6.45, 7) is 6.18. The molecule has 0 bridgehead atoms. The highest BCUT2D eigenvalue weighted by Crippen LogP contribution is 2.24. The highest BCUT2D eigenvalue weighted by molar-refractivity contribution is 14.0. The lowest BCUT2D eigenvalue weighted by molar-refractivity contribution is -0.153. The molecule has 0 saturated carbocycles. The van der Waals surface area contributed by atoms with Crippen molar-refractivity contribution < 1.29 is 27.4 Å². The van der Waals surface area contributed by atoms with Crippen LogP contribution in [0, 0.1) is 6.92 Å². The first-order chi connectivity index (χ1) is 14.4. The summed E-state index contributed by atoms with van der Waals surface area (Å²) in [7, 11) is 0. The summed E-state index contributed by atoms with van der Waals surface area (Å²) in [5.74, 6) is 0.808. The number of rotatable bonds is 10. The predicted octanol–water partition coefficient (Wildman–Crippen LogP) is 4.19. The third-order valence-electron chi connectivity index (χ3n) is 4.50. The lowest BCUT2D eigenvalue weighted by atomic mass is 10.1. The number of aliphatic imine (C=N–C) groups is 1. The number of halogens is 4. The largest absolute Gasteiger partial charge is 0.484 e. The number of guanidine groups is 1. The molecule has 1 aromatic rings. The molecule has 0 unspecified atom stereocenters. The Hall–Kier alpha value is -1.27. The molecule has 1 saturated heterocycles. The summed E-state index contributed by atoms with van der Waals surface area (Å²) in [4.78, 5) is 4.48. The van der Waals surface area contributed by atoms with Crippen LogP contribution in [-0.4, -0.2) is 57.8 Å². The van der Waals surface area contributed by atoms with E-state index in [9.17, 15) is 13.2 Å². The van der Waals surface area contributed by atoms with Crippen molar-refractivity contribution in [2.75, 3.05) is 39.5 Å². The van der Waals surface area contributed by atoms with Gasteiger partial charge in [-0.15, -0.1) is 24.0 Å². The van der Waals surface area contributed by atoms with E-state index in [1.807, 2.05) is 19.9 Å². The second-order valence-electron chi connectivity index (χ2n) is 7.17. The Balaban J connectivity index is 0.00000480. The average Bonchev–Trinajstić information content (AvgIpc) is 2.71. The highest BCUT2D eigenvalue weighted by Gasteiger charge is 2.28. The van der Waals surface area contributed by atoms with Gasteiger partial charge in [-0.3, -0.25) is 0 Å². The fourth-order valence-electron chi connectivity index (χ4n) is 2.96. The van der Waals surface area contributed by atoms with E-state index < -0.39 is 12.8 Å². The quantitative estimate of drug-likeness (QED) is 0.195. The molecule has 0 aliphatic carbocycles. The first-order valence-electron chi connectivity index (χ1n) is 10.4. The third-order valence-corrected chi connectivity index (χ3v) is 4.50. The van der Waals surface area contributed by atoms with Gasteiger partial charge in [0.15, 0.2) is 12.6 Å². The minimum atomic E-state index is -4.38. The van der Waals surface area contributed by atoms with Crippen molar-refractivity contribution >= 4 is 29.9 Å². The van der Waals surface area contributed by atoms with Crippen LogP contribution in [0.15, 0.2) is 23.2 Å². The van der Waals surface area contributed by atoms with Gasteiger partial charge in [0.1, 0.15) is 5.75 Å². The third kappa shape index (κ3) is 11.8. The Labute approximate surface area is 199 Å². The maximum Gasteiger partial charge on any atom is 0.422 e. The van der Waals surface area contributed by atoms with Crippen LogP contribution < -0.4 is 15.4 Å². The second kappa shape index (κ2) is 14.7. The van der Waals surface area contributed by atoms with E-state index in [1.165, 1.54) is 0 Å². The van der Waals surface area contributed by atoms with Gasteiger partial charge in [-0.05, 0) is 44.7 Å². The first-order valence-corrected chi connectivity index (χ1v) is 10.4. The first kappa shape index (κ1) is 27.8. The molecule has 0 amide bonds. The molecule has 1 fully saturated rings. The molecule has 1 heterocycles. The van der Waals surface area contributed by atoms with Crippen LogP contribution in [0.2, 0.25) is 0 Å². The van der Waals surface area contributed by atoms with Crippen molar-refractivity contribution in [2.24, 2.45) is 4.99 Å². The molecule has 2 rings (SSSR count). The van der Waals surface area contributed by atoms with Crippen LogP contribution in [0.25, 0.3) is 0 Å². The zero-order chi connectivity index (χ0) is 21.8. The van der Waals surface area contributed by atoms with Gasteiger partial charge >= 0.3 is 6.18 Å². The fourth-order valence-corrected chi connectivity index (χ4v) is 2.96. The summed E-state index contributed by atoms with van der Waals surface area (Å²) in [5.41, 5.74) is 1.43. The van der Waals surface area contributed by atoms with Crippen LogP contribution in [0.4, 0.5) is 13.2 Å². The number of aryl methyl sites for hydroxylation is 1. The molecule has 2 N–H and O–H groups in total. The maximum absolute atomic E-state index is 12.5. The Bertz CT molecular complexity index is 669. The summed E-state index contributed by atoms with van der Waals surface area (Å²) >= 11 is 0. The smallest absolute Gasteiger partial charge is 0.422 e. The van der Waals surface area contributed by atoms with Gasteiger partial charge in [0, 0.05) is 38.5 Å². The van der Waals surface area contributed by atoms with Crippen molar-refractivity contribution in [3.63, 3.8) is 0 Å². The molecule has 0 atom stereocenters. The van der Waals surface area contributed by atoms with Crippen LogP contribution in [0.3, 0.4) is 0 Å². The Morgan fingerprint density at radius 2 is 1.97 bits per heavy atom. The molecule has 0 radical (unpaired) electrons. The molecule has 0 spiro atoms. The van der Waals surface area contributed by atoms with Crippen LogP contribution in [0.5, 0.6) is 5.75 Å². The average molecular weight is 559 g/mol. The molecule has 31 heavy (non-hydrogen) atoms. The molecule has 10 heteroatoms.